The van der Waals surface area contributed by atoms with Crippen LogP contribution < -0.4 is 5.32 Å². The highest BCUT2D eigenvalue weighted by molar-refractivity contribution is 5.82. The van der Waals surface area contributed by atoms with Gasteiger partial charge < -0.3 is 10.4 Å². The second kappa shape index (κ2) is 4.56. The van der Waals surface area contributed by atoms with Crippen LogP contribution in [0.25, 0.3) is 0 Å². The molecule has 0 saturated heterocycles. The number of anilines is 1. The van der Waals surface area contributed by atoms with Crippen molar-refractivity contribution in [3.63, 3.8) is 0 Å². The van der Waals surface area contributed by atoms with Crippen molar-refractivity contribution in [3.05, 3.63) is 30.3 Å². The molecule has 0 heterocycles. The minimum atomic E-state index is -0.750. The second-order valence-electron chi connectivity index (χ2n) is 4.44. The first-order chi connectivity index (χ1) is 7.73. The first kappa shape index (κ1) is 11.0. The van der Waals surface area contributed by atoms with Crippen LogP contribution in [-0.4, -0.2) is 16.6 Å². The molecular formula is C13H17NO2. The van der Waals surface area contributed by atoms with E-state index in [1.54, 1.807) is 0 Å². The van der Waals surface area contributed by atoms with E-state index in [2.05, 4.69) is 5.32 Å². The summed E-state index contributed by atoms with van der Waals surface area (Å²) in [5, 5.41) is 12.6. The van der Waals surface area contributed by atoms with Crippen LogP contribution >= 0.6 is 0 Å². The summed E-state index contributed by atoms with van der Waals surface area (Å²) in [5.74, 6) is -0.726. The van der Waals surface area contributed by atoms with Gasteiger partial charge in [-0.25, -0.2) is 4.79 Å². The summed E-state index contributed by atoms with van der Waals surface area (Å²) in [4.78, 5) is 11.4. The van der Waals surface area contributed by atoms with Gasteiger partial charge >= 0.3 is 5.97 Å². The molecule has 86 valence electrons. The van der Waals surface area contributed by atoms with Gasteiger partial charge in [0.2, 0.25) is 0 Å². The number of carboxylic acids is 1. The Bertz CT molecular complexity index is 355. The first-order valence-electron chi connectivity index (χ1n) is 5.80. The molecule has 0 radical (unpaired) electrons. The van der Waals surface area contributed by atoms with E-state index in [1.807, 2.05) is 30.3 Å². The predicted octanol–water partition coefficient (Wildman–Crippen LogP) is 2.89. The predicted molar refractivity (Wildman–Crippen MR) is 63.5 cm³/mol. The van der Waals surface area contributed by atoms with Crippen LogP contribution in [0.15, 0.2) is 30.3 Å². The lowest BCUT2D eigenvalue weighted by Crippen LogP contribution is -2.47. The zero-order valence-corrected chi connectivity index (χ0v) is 9.28. The summed E-state index contributed by atoms with van der Waals surface area (Å²) < 4.78 is 0. The topological polar surface area (TPSA) is 49.3 Å². The van der Waals surface area contributed by atoms with Gasteiger partial charge in [-0.1, -0.05) is 37.5 Å². The van der Waals surface area contributed by atoms with E-state index in [1.165, 1.54) is 0 Å². The van der Waals surface area contributed by atoms with Gasteiger partial charge in [-0.2, -0.15) is 0 Å². The van der Waals surface area contributed by atoms with Crippen molar-refractivity contribution < 1.29 is 9.90 Å². The molecule has 0 bridgehead atoms. The summed E-state index contributed by atoms with van der Waals surface area (Å²) >= 11 is 0. The molecule has 0 spiro atoms. The molecule has 1 aliphatic rings. The van der Waals surface area contributed by atoms with Gasteiger partial charge in [0.15, 0.2) is 0 Å². The van der Waals surface area contributed by atoms with Crippen molar-refractivity contribution in [2.75, 3.05) is 5.32 Å². The number of carbonyl (C=O) groups is 1. The number of nitrogens with one attached hydrogen (secondary N) is 1. The largest absolute Gasteiger partial charge is 0.480 e. The maximum atomic E-state index is 11.4. The average molecular weight is 219 g/mol. The molecule has 1 aromatic carbocycles. The summed E-state index contributed by atoms with van der Waals surface area (Å²) in [6.07, 6.45) is 4.57. The molecule has 3 nitrogen and oxygen atoms in total. The standard InChI is InChI=1S/C13H17NO2/c15-12(16)13(9-5-2-6-10-13)14-11-7-3-1-4-8-11/h1,3-4,7-8,14H,2,5-6,9-10H2,(H,15,16). The van der Waals surface area contributed by atoms with Crippen LogP contribution in [0, 0.1) is 0 Å². The molecule has 0 aliphatic heterocycles. The van der Waals surface area contributed by atoms with E-state index in [4.69, 9.17) is 0 Å². The third-order valence-electron chi connectivity index (χ3n) is 3.27. The Morgan fingerprint density at radius 1 is 1.12 bits per heavy atom. The highest BCUT2D eigenvalue weighted by Gasteiger charge is 2.39. The first-order valence-corrected chi connectivity index (χ1v) is 5.80. The van der Waals surface area contributed by atoms with Crippen molar-refractivity contribution in [1.82, 2.24) is 0 Å². The molecule has 0 atom stereocenters. The molecule has 1 aliphatic carbocycles. The van der Waals surface area contributed by atoms with Gasteiger partial charge in [0.25, 0.3) is 0 Å². The third-order valence-corrected chi connectivity index (χ3v) is 3.27. The molecule has 0 aromatic heterocycles. The zero-order valence-electron chi connectivity index (χ0n) is 9.28. The molecule has 1 fully saturated rings. The van der Waals surface area contributed by atoms with Gasteiger partial charge in [0.1, 0.15) is 5.54 Å². The Morgan fingerprint density at radius 2 is 1.75 bits per heavy atom. The SMILES string of the molecule is O=C(O)C1(Nc2ccccc2)CCCCC1. The van der Waals surface area contributed by atoms with Crippen LogP contribution in [0.5, 0.6) is 0 Å². The number of benzene rings is 1. The molecule has 0 unspecified atom stereocenters. The van der Waals surface area contributed by atoms with E-state index in [-0.39, 0.29) is 0 Å². The fraction of sp³-hybridized carbons (Fsp3) is 0.462. The molecule has 3 heteroatoms. The molecule has 1 saturated carbocycles. The van der Waals surface area contributed by atoms with Crippen molar-refractivity contribution in [2.45, 2.75) is 37.6 Å². The van der Waals surface area contributed by atoms with E-state index in [9.17, 15) is 9.90 Å². The number of para-hydroxylation sites is 1. The van der Waals surface area contributed by atoms with Crippen LogP contribution in [0.4, 0.5) is 5.69 Å². The molecule has 2 rings (SSSR count). The maximum absolute atomic E-state index is 11.4. The summed E-state index contributed by atoms with van der Waals surface area (Å²) in [6, 6.07) is 9.60. The average Bonchev–Trinajstić information content (AvgIpc) is 2.31. The minimum absolute atomic E-state index is 0.719. The highest BCUT2D eigenvalue weighted by Crippen LogP contribution is 2.31. The van der Waals surface area contributed by atoms with Crippen LogP contribution in [0.1, 0.15) is 32.1 Å². The Morgan fingerprint density at radius 3 is 2.31 bits per heavy atom. The van der Waals surface area contributed by atoms with Gasteiger partial charge in [-0.15, -0.1) is 0 Å². The van der Waals surface area contributed by atoms with Crippen LogP contribution in [0.2, 0.25) is 0 Å². The normalized spacial score (nSPS) is 19.0. The Kier molecular flexibility index (Phi) is 3.13. The van der Waals surface area contributed by atoms with Crippen molar-refractivity contribution in [1.29, 1.82) is 0 Å². The smallest absolute Gasteiger partial charge is 0.329 e. The lowest BCUT2D eigenvalue weighted by molar-refractivity contribution is -0.143. The Labute approximate surface area is 95.5 Å². The molecule has 0 amide bonds. The van der Waals surface area contributed by atoms with E-state index in [0.717, 1.165) is 37.8 Å². The summed E-state index contributed by atoms with van der Waals surface area (Å²) in [7, 11) is 0. The maximum Gasteiger partial charge on any atom is 0.329 e. The van der Waals surface area contributed by atoms with Gasteiger partial charge in [0, 0.05) is 5.69 Å². The number of carboxylic acid groups (broad SMARTS) is 1. The summed E-state index contributed by atoms with van der Waals surface area (Å²) in [6.45, 7) is 0. The van der Waals surface area contributed by atoms with Gasteiger partial charge in [0.05, 0.1) is 0 Å². The lowest BCUT2D eigenvalue weighted by atomic mass is 9.81. The van der Waals surface area contributed by atoms with E-state index in [0.29, 0.717) is 0 Å². The van der Waals surface area contributed by atoms with Crippen LogP contribution in [-0.2, 0) is 4.79 Å². The number of hydrogen-bond acceptors (Lipinski definition) is 2. The minimum Gasteiger partial charge on any atom is -0.480 e. The van der Waals surface area contributed by atoms with E-state index < -0.39 is 11.5 Å². The number of rotatable bonds is 3. The molecule has 16 heavy (non-hydrogen) atoms. The Balaban J connectivity index is 2.17. The van der Waals surface area contributed by atoms with Crippen molar-refractivity contribution in [2.24, 2.45) is 0 Å². The fourth-order valence-corrected chi connectivity index (χ4v) is 2.35. The fourth-order valence-electron chi connectivity index (χ4n) is 2.35. The monoisotopic (exact) mass is 219 g/mol. The van der Waals surface area contributed by atoms with Crippen LogP contribution in [0.3, 0.4) is 0 Å². The lowest BCUT2D eigenvalue weighted by Gasteiger charge is -2.34. The number of aliphatic carboxylic acids is 1. The number of hydrogen-bond donors (Lipinski definition) is 2. The quantitative estimate of drug-likeness (QED) is 0.821. The summed E-state index contributed by atoms with van der Waals surface area (Å²) in [5.41, 5.74) is 0.145. The molecular weight excluding hydrogens is 202 g/mol. The Hall–Kier alpha value is -1.51. The van der Waals surface area contributed by atoms with E-state index >= 15 is 0 Å². The molecule has 2 N–H and O–H groups in total. The highest BCUT2D eigenvalue weighted by atomic mass is 16.4. The molecule has 1 aromatic rings. The van der Waals surface area contributed by atoms with Crippen molar-refractivity contribution >= 4 is 11.7 Å². The third kappa shape index (κ3) is 2.18. The zero-order chi connectivity index (χ0) is 11.4. The van der Waals surface area contributed by atoms with Crippen molar-refractivity contribution in [3.8, 4) is 0 Å². The second-order valence-corrected chi connectivity index (χ2v) is 4.44. The van der Waals surface area contributed by atoms with Gasteiger partial charge in [-0.05, 0) is 25.0 Å². The van der Waals surface area contributed by atoms with Gasteiger partial charge in [-0.3, -0.25) is 0 Å².